The Labute approximate surface area is 164 Å². The minimum atomic E-state index is -0.436. The van der Waals surface area contributed by atoms with Gasteiger partial charge in [0.25, 0.3) is 5.91 Å². The van der Waals surface area contributed by atoms with E-state index in [0.717, 1.165) is 16.9 Å². The Morgan fingerprint density at radius 2 is 1.85 bits per heavy atom. The molecule has 0 fully saturated rings. The first-order valence-corrected chi connectivity index (χ1v) is 9.47. The van der Waals surface area contributed by atoms with Crippen LogP contribution in [0.25, 0.3) is 10.1 Å². The molecular weight excluding hydrogens is 383 g/mol. The zero-order chi connectivity index (χ0) is 18.8. The normalized spacial score (nSPS) is 11.9. The first-order chi connectivity index (χ1) is 13.1. The average molecular weight is 397 g/mol. The predicted octanol–water partition coefficient (Wildman–Crippen LogP) is 5.28. The number of benzene rings is 2. The van der Waals surface area contributed by atoms with Gasteiger partial charge in [-0.3, -0.25) is 4.79 Å². The minimum Gasteiger partial charge on any atom is -0.328 e. The molecule has 4 aromatic rings. The summed E-state index contributed by atoms with van der Waals surface area (Å²) < 4.78 is 16.0. The lowest BCUT2D eigenvalue weighted by atomic mass is 10.2. The summed E-state index contributed by atoms with van der Waals surface area (Å²) in [7, 11) is 0. The van der Waals surface area contributed by atoms with Gasteiger partial charge >= 0.3 is 0 Å². The van der Waals surface area contributed by atoms with Crippen molar-refractivity contribution < 1.29 is 9.18 Å². The van der Waals surface area contributed by atoms with Crippen LogP contribution in [0.15, 0.2) is 77.9 Å². The minimum absolute atomic E-state index is 0.312. The van der Waals surface area contributed by atoms with Gasteiger partial charge in [0, 0.05) is 22.8 Å². The van der Waals surface area contributed by atoms with Gasteiger partial charge in [0.15, 0.2) is 0 Å². The van der Waals surface area contributed by atoms with Crippen molar-refractivity contribution in [2.45, 2.75) is 6.54 Å². The molecule has 0 aliphatic heterocycles. The molecule has 0 unspecified atom stereocenters. The summed E-state index contributed by atoms with van der Waals surface area (Å²) in [5.41, 5.74) is 1.64. The molecule has 0 saturated carbocycles. The molecule has 0 atom stereocenters. The number of thiophene rings is 1. The number of halogens is 2. The van der Waals surface area contributed by atoms with Crippen LogP contribution in [0, 0.1) is 5.82 Å². The van der Waals surface area contributed by atoms with Crippen molar-refractivity contribution in [3.63, 3.8) is 0 Å². The third kappa shape index (κ3) is 3.70. The van der Waals surface area contributed by atoms with Crippen LogP contribution >= 0.6 is 22.9 Å². The number of hydrogen-bond donors (Lipinski definition) is 0. The predicted molar refractivity (Wildman–Crippen MR) is 107 cm³/mol. The summed E-state index contributed by atoms with van der Waals surface area (Å²) in [6.45, 7) is 0.596. The van der Waals surface area contributed by atoms with E-state index in [9.17, 15) is 9.18 Å². The Kier molecular flexibility index (Phi) is 4.88. The first kappa shape index (κ1) is 17.6. The summed E-state index contributed by atoms with van der Waals surface area (Å²) in [5.74, 6) is -0.797. The smallest absolute Gasteiger partial charge is 0.290 e. The summed E-state index contributed by atoms with van der Waals surface area (Å²) in [6, 6.07) is 19.7. The molecule has 134 valence electrons. The third-order valence-electron chi connectivity index (χ3n) is 4.11. The molecule has 3 nitrogen and oxygen atoms in total. The van der Waals surface area contributed by atoms with Gasteiger partial charge in [-0.2, -0.15) is 4.99 Å². The monoisotopic (exact) mass is 396 g/mol. The highest BCUT2D eigenvalue weighted by Crippen LogP contribution is 2.36. The number of carbonyl (C=O) groups excluding carboxylic acids is 1. The van der Waals surface area contributed by atoms with E-state index in [1.807, 2.05) is 53.2 Å². The van der Waals surface area contributed by atoms with Crippen molar-refractivity contribution in [2.75, 3.05) is 0 Å². The summed E-state index contributed by atoms with van der Waals surface area (Å²) >= 11 is 7.49. The molecule has 0 aliphatic rings. The van der Waals surface area contributed by atoms with E-state index < -0.39 is 5.91 Å². The Morgan fingerprint density at radius 1 is 1.07 bits per heavy atom. The van der Waals surface area contributed by atoms with Crippen LogP contribution in [0.5, 0.6) is 0 Å². The highest BCUT2D eigenvalue weighted by molar-refractivity contribution is 7.21. The Balaban J connectivity index is 1.74. The quantitative estimate of drug-likeness (QED) is 0.463. The standard InChI is InChI=1S/C21H14ClFN2OS/c22-19-16-10-9-15(23)12-17(16)27-20(19)21(26)24-18-8-4-5-11-25(18)13-14-6-2-1-3-7-14/h1-12H,13H2. The molecule has 0 N–H and O–H groups in total. The highest BCUT2D eigenvalue weighted by Gasteiger charge is 2.17. The highest BCUT2D eigenvalue weighted by atomic mass is 35.5. The van der Waals surface area contributed by atoms with Crippen LogP contribution in [0.4, 0.5) is 4.39 Å². The lowest BCUT2D eigenvalue weighted by Gasteiger charge is -2.07. The zero-order valence-corrected chi connectivity index (χ0v) is 15.7. The number of hydrogen-bond acceptors (Lipinski definition) is 2. The first-order valence-electron chi connectivity index (χ1n) is 8.28. The van der Waals surface area contributed by atoms with Crippen LogP contribution in [0.3, 0.4) is 0 Å². The summed E-state index contributed by atoms with van der Waals surface area (Å²) in [5, 5.41) is 0.973. The van der Waals surface area contributed by atoms with Gasteiger partial charge in [-0.1, -0.05) is 48.0 Å². The second kappa shape index (κ2) is 7.47. The van der Waals surface area contributed by atoms with E-state index in [-0.39, 0.29) is 5.82 Å². The fourth-order valence-electron chi connectivity index (χ4n) is 2.81. The van der Waals surface area contributed by atoms with Crippen LogP contribution in [-0.2, 0) is 6.54 Å². The van der Waals surface area contributed by atoms with E-state index in [1.54, 1.807) is 12.1 Å². The SMILES string of the molecule is O=C(N=c1ccccn1Cc1ccccc1)c1sc2cc(F)ccc2c1Cl. The van der Waals surface area contributed by atoms with Crippen molar-refractivity contribution >= 4 is 38.9 Å². The number of fused-ring (bicyclic) bond motifs is 1. The fraction of sp³-hybridized carbons (Fsp3) is 0.0476. The lowest BCUT2D eigenvalue weighted by Crippen LogP contribution is -2.22. The van der Waals surface area contributed by atoms with Gasteiger partial charge in [0.05, 0.1) is 5.02 Å². The zero-order valence-electron chi connectivity index (χ0n) is 14.1. The van der Waals surface area contributed by atoms with Gasteiger partial charge in [-0.05, 0) is 35.9 Å². The maximum absolute atomic E-state index is 13.4. The Morgan fingerprint density at radius 3 is 2.67 bits per heavy atom. The van der Waals surface area contributed by atoms with E-state index in [2.05, 4.69) is 4.99 Å². The number of carbonyl (C=O) groups is 1. The van der Waals surface area contributed by atoms with Gasteiger partial charge in [-0.25, -0.2) is 4.39 Å². The number of rotatable bonds is 3. The molecule has 4 rings (SSSR count). The second-order valence-corrected chi connectivity index (χ2v) is 7.41. The summed E-state index contributed by atoms with van der Waals surface area (Å²) in [6.07, 6.45) is 1.88. The van der Waals surface area contributed by atoms with E-state index in [0.29, 0.717) is 32.0 Å². The van der Waals surface area contributed by atoms with Crippen LogP contribution in [0.2, 0.25) is 5.02 Å². The molecule has 2 heterocycles. The maximum atomic E-state index is 13.4. The molecule has 1 amide bonds. The van der Waals surface area contributed by atoms with Gasteiger partial charge in [0.1, 0.15) is 16.2 Å². The largest absolute Gasteiger partial charge is 0.328 e. The van der Waals surface area contributed by atoms with Crippen LogP contribution in [-0.4, -0.2) is 10.5 Å². The number of amides is 1. The molecule has 2 aromatic heterocycles. The molecular formula is C21H14ClFN2OS. The topological polar surface area (TPSA) is 34.4 Å². The molecule has 2 aromatic carbocycles. The molecule has 0 bridgehead atoms. The Hall–Kier alpha value is -2.76. The maximum Gasteiger partial charge on any atom is 0.290 e. The number of aromatic nitrogens is 1. The summed E-state index contributed by atoms with van der Waals surface area (Å²) in [4.78, 5) is 17.3. The number of nitrogens with zero attached hydrogens (tertiary/aromatic N) is 2. The molecule has 0 spiro atoms. The van der Waals surface area contributed by atoms with Gasteiger partial charge < -0.3 is 4.57 Å². The van der Waals surface area contributed by atoms with E-state index >= 15 is 0 Å². The van der Waals surface area contributed by atoms with Crippen molar-refractivity contribution in [1.29, 1.82) is 0 Å². The Bertz CT molecular complexity index is 1200. The van der Waals surface area contributed by atoms with Crippen LogP contribution < -0.4 is 5.49 Å². The number of pyridine rings is 1. The molecule has 0 radical (unpaired) electrons. The fourth-order valence-corrected chi connectivity index (χ4v) is 4.24. The molecule has 0 saturated heterocycles. The third-order valence-corrected chi connectivity index (χ3v) is 5.76. The van der Waals surface area contributed by atoms with Gasteiger partial charge in [-0.15, -0.1) is 11.3 Å². The van der Waals surface area contributed by atoms with Crippen LogP contribution in [0.1, 0.15) is 15.2 Å². The molecule has 27 heavy (non-hydrogen) atoms. The second-order valence-electron chi connectivity index (χ2n) is 5.97. The molecule has 6 heteroatoms. The van der Waals surface area contributed by atoms with E-state index in [4.69, 9.17) is 11.6 Å². The lowest BCUT2D eigenvalue weighted by molar-refractivity contribution is 0.100. The van der Waals surface area contributed by atoms with E-state index in [1.165, 1.54) is 12.1 Å². The van der Waals surface area contributed by atoms with Crippen molar-refractivity contribution in [2.24, 2.45) is 4.99 Å². The van der Waals surface area contributed by atoms with Crippen molar-refractivity contribution in [3.8, 4) is 0 Å². The van der Waals surface area contributed by atoms with Crippen molar-refractivity contribution in [1.82, 2.24) is 4.57 Å². The molecule has 0 aliphatic carbocycles. The van der Waals surface area contributed by atoms with Crippen molar-refractivity contribution in [3.05, 3.63) is 99.7 Å². The average Bonchev–Trinajstić information content (AvgIpc) is 3.00. The van der Waals surface area contributed by atoms with Gasteiger partial charge in [0.2, 0.25) is 0 Å².